The maximum absolute atomic E-state index is 12.3. The van der Waals surface area contributed by atoms with Gasteiger partial charge in [-0.1, -0.05) is 30.3 Å². The maximum atomic E-state index is 12.3. The molecule has 0 heterocycles. The van der Waals surface area contributed by atoms with Crippen LogP contribution in [-0.2, 0) is 16.2 Å². The number of hydroxylamine groups is 1. The lowest BCUT2D eigenvalue weighted by Crippen LogP contribution is -2.40. The number of nitrogens with one attached hydrogen (secondary N) is 2. The summed E-state index contributed by atoms with van der Waals surface area (Å²) >= 11 is 3.07. The Bertz CT molecular complexity index is 580. The van der Waals surface area contributed by atoms with Gasteiger partial charge in [-0.15, -0.1) is 23.5 Å². The van der Waals surface area contributed by atoms with Crippen LogP contribution in [0.15, 0.2) is 40.1 Å². The van der Waals surface area contributed by atoms with Crippen LogP contribution < -0.4 is 10.8 Å². The Hall–Kier alpha value is -1.44. The number of thioether (sulfide) groups is 2. The van der Waals surface area contributed by atoms with E-state index in [1.54, 1.807) is 0 Å². The van der Waals surface area contributed by atoms with Gasteiger partial charge in [0, 0.05) is 9.81 Å². The summed E-state index contributed by atoms with van der Waals surface area (Å²) in [5.41, 5.74) is 3.89. The molecule has 23 heavy (non-hydrogen) atoms. The van der Waals surface area contributed by atoms with E-state index in [0.717, 1.165) is 22.6 Å². The number of carbonyl (C=O) groups is 2. The van der Waals surface area contributed by atoms with Gasteiger partial charge in [-0.3, -0.25) is 14.9 Å². The molecule has 1 saturated carbocycles. The number of amides is 3. The molecule has 0 aliphatic heterocycles. The second-order valence-corrected chi connectivity index (χ2v) is 6.93. The molecule has 3 amide bonds. The molecule has 0 aromatic heterocycles. The minimum atomic E-state index is -0.648. The van der Waals surface area contributed by atoms with Gasteiger partial charge < -0.3 is 0 Å². The summed E-state index contributed by atoms with van der Waals surface area (Å²) in [7, 11) is 0. The van der Waals surface area contributed by atoms with Crippen molar-refractivity contribution < 1.29 is 14.4 Å². The van der Waals surface area contributed by atoms with E-state index in [9.17, 15) is 9.59 Å². The summed E-state index contributed by atoms with van der Waals surface area (Å²) in [6, 6.07) is 8.82. The van der Waals surface area contributed by atoms with Crippen LogP contribution in [0, 0.1) is 5.92 Å². The van der Waals surface area contributed by atoms with Crippen molar-refractivity contribution >= 4 is 35.5 Å². The Morgan fingerprint density at radius 1 is 1.17 bits per heavy atom. The molecule has 7 heteroatoms. The van der Waals surface area contributed by atoms with Gasteiger partial charge in [0.25, 0.3) is 5.91 Å². The van der Waals surface area contributed by atoms with Gasteiger partial charge in [-0.25, -0.2) is 10.3 Å². The van der Waals surface area contributed by atoms with E-state index in [1.807, 2.05) is 42.8 Å². The second-order valence-electron chi connectivity index (χ2n) is 5.04. The van der Waals surface area contributed by atoms with Crippen LogP contribution in [0.25, 0.3) is 0 Å². The van der Waals surface area contributed by atoms with Gasteiger partial charge in [0.1, 0.15) is 0 Å². The van der Waals surface area contributed by atoms with Crippen molar-refractivity contribution in [1.82, 2.24) is 10.8 Å². The Balaban J connectivity index is 1.84. The number of hydrogen-bond donors (Lipinski definition) is 2. The highest BCUT2D eigenvalue weighted by Gasteiger charge is 2.33. The van der Waals surface area contributed by atoms with Crippen molar-refractivity contribution in [2.45, 2.75) is 19.4 Å². The normalized spacial score (nSPS) is 13.3. The van der Waals surface area contributed by atoms with Crippen LogP contribution in [0.2, 0.25) is 0 Å². The molecule has 0 spiro atoms. The van der Waals surface area contributed by atoms with Gasteiger partial charge in [-0.05, 0) is 36.8 Å². The highest BCUT2D eigenvalue weighted by molar-refractivity contribution is 8.21. The summed E-state index contributed by atoms with van der Waals surface area (Å²) in [6.07, 6.45) is 5.87. The maximum Gasteiger partial charge on any atom is 0.345 e. The van der Waals surface area contributed by atoms with Gasteiger partial charge >= 0.3 is 6.03 Å². The molecule has 1 aromatic rings. The fourth-order valence-electron chi connectivity index (χ4n) is 2.08. The standard InChI is InChI=1S/C16H20N2O3S2/c1-22-15(23-2)13(12-8-9-12)14(19)17-16(20)18-21-10-11-6-4-3-5-7-11/h3-7,12H,8-10H2,1-2H3,(H2,17,18,19,20). The topological polar surface area (TPSA) is 67.4 Å². The minimum absolute atomic E-state index is 0.245. The highest BCUT2D eigenvalue weighted by Crippen LogP contribution is 2.42. The first-order valence-electron chi connectivity index (χ1n) is 7.25. The molecule has 2 N–H and O–H groups in total. The van der Waals surface area contributed by atoms with Crippen molar-refractivity contribution in [2.75, 3.05) is 12.5 Å². The Morgan fingerprint density at radius 3 is 2.39 bits per heavy atom. The number of imide groups is 1. The van der Waals surface area contributed by atoms with Gasteiger partial charge in [0.15, 0.2) is 0 Å². The number of benzene rings is 1. The molecule has 1 fully saturated rings. The summed E-state index contributed by atoms with van der Waals surface area (Å²) in [6.45, 7) is 0.245. The lowest BCUT2D eigenvalue weighted by Gasteiger charge is -2.12. The SMILES string of the molecule is CSC(SC)=C(C(=O)NC(=O)NOCc1ccccc1)C1CC1. The third kappa shape index (κ3) is 5.60. The van der Waals surface area contributed by atoms with E-state index in [0.29, 0.717) is 5.57 Å². The van der Waals surface area contributed by atoms with E-state index >= 15 is 0 Å². The molecule has 1 aliphatic carbocycles. The zero-order valence-corrected chi connectivity index (χ0v) is 14.8. The van der Waals surface area contributed by atoms with Crippen molar-refractivity contribution in [2.24, 2.45) is 5.92 Å². The van der Waals surface area contributed by atoms with Gasteiger partial charge in [0.2, 0.25) is 0 Å². The first-order chi connectivity index (χ1) is 11.2. The Labute approximate surface area is 144 Å². The van der Waals surface area contributed by atoms with E-state index in [4.69, 9.17) is 4.84 Å². The van der Waals surface area contributed by atoms with E-state index in [1.165, 1.54) is 23.5 Å². The van der Waals surface area contributed by atoms with Crippen LogP contribution in [0.4, 0.5) is 4.79 Å². The third-order valence-corrected chi connectivity index (χ3v) is 5.48. The zero-order chi connectivity index (χ0) is 16.7. The quantitative estimate of drug-likeness (QED) is 0.582. The molecule has 0 radical (unpaired) electrons. The van der Waals surface area contributed by atoms with Gasteiger partial charge in [0.05, 0.1) is 6.61 Å². The molecule has 2 rings (SSSR count). The second kappa shape index (κ2) is 9.00. The van der Waals surface area contributed by atoms with E-state index in [-0.39, 0.29) is 18.4 Å². The van der Waals surface area contributed by atoms with Crippen LogP contribution in [0.5, 0.6) is 0 Å². The molecule has 1 aliphatic rings. The smallest absolute Gasteiger partial charge is 0.272 e. The Kier molecular flexibility index (Phi) is 7.01. The summed E-state index contributed by atoms with van der Waals surface area (Å²) in [4.78, 5) is 29.2. The lowest BCUT2D eigenvalue weighted by molar-refractivity contribution is -0.117. The first-order valence-corrected chi connectivity index (χ1v) is 9.69. The fourth-order valence-corrected chi connectivity index (χ4v) is 3.70. The first kappa shape index (κ1) is 17.9. The molecular formula is C16H20N2O3S2. The number of rotatable bonds is 7. The molecule has 0 atom stereocenters. The number of urea groups is 1. The summed E-state index contributed by atoms with van der Waals surface area (Å²) in [5.74, 6) is -0.0741. The van der Waals surface area contributed by atoms with Crippen molar-refractivity contribution in [3.63, 3.8) is 0 Å². The molecule has 0 saturated heterocycles. The molecular weight excluding hydrogens is 332 g/mol. The zero-order valence-electron chi connectivity index (χ0n) is 13.1. The molecule has 0 bridgehead atoms. The fraction of sp³-hybridized carbons (Fsp3) is 0.375. The van der Waals surface area contributed by atoms with Crippen molar-refractivity contribution in [3.05, 3.63) is 45.7 Å². The lowest BCUT2D eigenvalue weighted by atomic mass is 10.2. The predicted octanol–water partition coefficient (Wildman–Crippen LogP) is 3.29. The number of hydrogen-bond acceptors (Lipinski definition) is 5. The number of carbonyl (C=O) groups excluding carboxylic acids is 2. The van der Waals surface area contributed by atoms with Gasteiger partial charge in [-0.2, -0.15) is 0 Å². The van der Waals surface area contributed by atoms with Crippen LogP contribution in [0.3, 0.4) is 0 Å². The predicted molar refractivity (Wildman–Crippen MR) is 94.7 cm³/mol. The van der Waals surface area contributed by atoms with Crippen molar-refractivity contribution in [3.8, 4) is 0 Å². The largest absolute Gasteiger partial charge is 0.345 e. The minimum Gasteiger partial charge on any atom is -0.272 e. The van der Waals surface area contributed by atoms with E-state index < -0.39 is 6.03 Å². The highest BCUT2D eigenvalue weighted by atomic mass is 32.2. The molecule has 124 valence electrons. The molecule has 1 aromatic carbocycles. The van der Waals surface area contributed by atoms with E-state index in [2.05, 4.69) is 10.8 Å². The summed E-state index contributed by atoms with van der Waals surface area (Å²) in [5, 5.41) is 2.34. The van der Waals surface area contributed by atoms with Crippen LogP contribution >= 0.6 is 23.5 Å². The van der Waals surface area contributed by atoms with Crippen molar-refractivity contribution in [1.29, 1.82) is 0 Å². The molecule has 5 nitrogen and oxygen atoms in total. The van der Waals surface area contributed by atoms with Crippen LogP contribution in [-0.4, -0.2) is 24.4 Å². The average Bonchev–Trinajstić information content (AvgIpc) is 3.37. The summed E-state index contributed by atoms with van der Waals surface area (Å²) < 4.78 is 0.961. The average molecular weight is 352 g/mol. The third-order valence-electron chi connectivity index (χ3n) is 3.29. The molecule has 0 unspecified atom stereocenters. The van der Waals surface area contributed by atoms with Crippen LogP contribution in [0.1, 0.15) is 18.4 Å². The monoisotopic (exact) mass is 352 g/mol. The Morgan fingerprint density at radius 2 is 1.83 bits per heavy atom.